The molecule has 3 nitrogen and oxygen atoms in total. The van der Waals surface area contributed by atoms with Gasteiger partial charge in [0.25, 0.3) is 0 Å². The van der Waals surface area contributed by atoms with Gasteiger partial charge in [-0.15, -0.1) is 0 Å². The predicted octanol–water partition coefficient (Wildman–Crippen LogP) is 3.37. The van der Waals surface area contributed by atoms with E-state index in [0.717, 1.165) is 24.8 Å². The van der Waals surface area contributed by atoms with Crippen LogP contribution >= 0.6 is 0 Å². The maximum Gasteiger partial charge on any atom is 0.302 e. The van der Waals surface area contributed by atoms with Crippen molar-refractivity contribution < 1.29 is 9.53 Å². The van der Waals surface area contributed by atoms with Gasteiger partial charge in [0, 0.05) is 13.0 Å². The van der Waals surface area contributed by atoms with Crippen LogP contribution in [-0.4, -0.2) is 36.1 Å². The summed E-state index contributed by atoms with van der Waals surface area (Å²) in [6.07, 6.45) is 10.2. The molecule has 0 atom stereocenters. The molecule has 19 heavy (non-hydrogen) atoms. The number of esters is 1. The Morgan fingerprint density at radius 1 is 1.11 bits per heavy atom. The predicted molar refractivity (Wildman–Crippen MR) is 77.0 cm³/mol. The second-order valence-corrected chi connectivity index (χ2v) is 6.31. The lowest BCUT2D eigenvalue weighted by Gasteiger charge is -2.40. The van der Waals surface area contributed by atoms with Gasteiger partial charge in [0.05, 0.1) is 0 Å². The topological polar surface area (TPSA) is 29.5 Å². The van der Waals surface area contributed by atoms with Gasteiger partial charge in [-0.1, -0.05) is 19.8 Å². The van der Waals surface area contributed by atoms with Gasteiger partial charge in [0.2, 0.25) is 0 Å². The van der Waals surface area contributed by atoms with E-state index < -0.39 is 0 Å². The van der Waals surface area contributed by atoms with Gasteiger partial charge >= 0.3 is 5.97 Å². The summed E-state index contributed by atoms with van der Waals surface area (Å²) >= 11 is 0. The van der Waals surface area contributed by atoms with Gasteiger partial charge in [-0.3, -0.25) is 4.79 Å². The van der Waals surface area contributed by atoms with Crippen LogP contribution in [0.4, 0.5) is 0 Å². The third-order valence-electron chi connectivity index (χ3n) is 4.84. The van der Waals surface area contributed by atoms with Crippen LogP contribution in [0.2, 0.25) is 0 Å². The Morgan fingerprint density at radius 3 is 2.26 bits per heavy atom. The van der Waals surface area contributed by atoms with E-state index >= 15 is 0 Å². The van der Waals surface area contributed by atoms with Gasteiger partial charge in [0.15, 0.2) is 0 Å². The Balaban J connectivity index is 1.69. The van der Waals surface area contributed by atoms with Crippen LogP contribution in [0.25, 0.3) is 0 Å². The maximum atomic E-state index is 11.0. The Hall–Kier alpha value is -0.570. The van der Waals surface area contributed by atoms with Crippen LogP contribution in [0.15, 0.2) is 0 Å². The highest BCUT2D eigenvalue weighted by atomic mass is 16.5. The third kappa shape index (κ3) is 4.48. The highest BCUT2D eigenvalue weighted by Crippen LogP contribution is 2.29. The summed E-state index contributed by atoms with van der Waals surface area (Å²) in [4.78, 5) is 13.7. The van der Waals surface area contributed by atoms with Crippen molar-refractivity contribution in [3.63, 3.8) is 0 Å². The average molecular weight is 267 g/mol. The zero-order valence-electron chi connectivity index (χ0n) is 12.6. The smallest absolute Gasteiger partial charge is 0.302 e. The van der Waals surface area contributed by atoms with E-state index in [2.05, 4.69) is 11.8 Å². The monoisotopic (exact) mass is 267 g/mol. The summed E-state index contributed by atoms with van der Waals surface area (Å²) in [5.41, 5.74) is 0. The van der Waals surface area contributed by atoms with Gasteiger partial charge < -0.3 is 9.64 Å². The SMILES string of the molecule is CCCC1CCN([C@H]2CC[C@H](OC(C)=O)CC2)CC1. The molecule has 1 heterocycles. The number of nitrogens with zero attached hydrogens (tertiary/aromatic N) is 1. The number of hydrogen-bond acceptors (Lipinski definition) is 3. The number of piperidine rings is 1. The van der Waals surface area contributed by atoms with Gasteiger partial charge in [-0.25, -0.2) is 0 Å². The minimum Gasteiger partial charge on any atom is -0.463 e. The molecule has 0 aromatic rings. The van der Waals surface area contributed by atoms with Crippen molar-refractivity contribution >= 4 is 5.97 Å². The fourth-order valence-electron chi connectivity index (χ4n) is 3.78. The summed E-state index contributed by atoms with van der Waals surface area (Å²) in [6.45, 7) is 6.38. The molecule has 0 aromatic carbocycles. The first-order valence-corrected chi connectivity index (χ1v) is 8.10. The van der Waals surface area contributed by atoms with Crippen LogP contribution in [0.1, 0.15) is 65.2 Å². The Labute approximate surface area is 117 Å². The molecule has 1 aliphatic carbocycles. The molecule has 1 aliphatic heterocycles. The van der Waals surface area contributed by atoms with E-state index in [4.69, 9.17) is 4.74 Å². The second kappa shape index (κ2) is 7.28. The molecular weight excluding hydrogens is 238 g/mol. The lowest BCUT2D eigenvalue weighted by molar-refractivity contribution is -0.148. The molecular formula is C16H29NO2. The molecule has 0 amide bonds. The molecule has 2 rings (SSSR count). The summed E-state index contributed by atoms with van der Waals surface area (Å²) in [5, 5.41) is 0. The maximum absolute atomic E-state index is 11.0. The number of rotatable bonds is 4. The number of likely N-dealkylation sites (tertiary alicyclic amines) is 1. The molecule has 0 spiro atoms. The van der Waals surface area contributed by atoms with Crippen molar-refractivity contribution in [3.05, 3.63) is 0 Å². The van der Waals surface area contributed by atoms with Crippen molar-refractivity contribution in [3.8, 4) is 0 Å². The molecule has 110 valence electrons. The van der Waals surface area contributed by atoms with E-state index in [1.165, 1.54) is 58.5 Å². The Morgan fingerprint density at radius 2 is 1.74 bits per heavy atom. The van der Waals surface area contributed by atoms with Gasteiger partial charge in [0.1, 0.15) is 6.10 Å². The zero-order valence-corrected chi connectivity index (χ0v) is 12.6. The van der Waals surface area contributed by atoms with E-state index in [0.29, 0.717) is 0 Å². The van der Waals surface area contributed by atoms with Crippen LogP contribution < -0.4 is 0 Å². The number of hydrogen-bond donors (Lipinski definition) is 0. The molecule has 1 saturated carbocycles. The van der Waals surface area contributed by atoms with E-state index in [1.807, 2.05) is 0 Å². The standard InChI is InChI=1S/C16H29NO2/c1-3-4-14-9-11-17(12-10-14)15-5-7-16(8-6-15)19-13(2)18/h14-16H,3-12H2,1-2H3/t15-,16-. The summed E-state index contributed by atoms with van der Waals surface area (Å²) < 4.78 is 5.32. The van der Waals surface area contributed by atoms with Crippen molar-refractivity contribution in [1.29, 1.82) is 0 Å². The molecule has 0 bridgehead atoms. The fourth-order valence-corrected chi connectivity index (χ4v) is 3.78. The zero-order chi connectivity index (χ0) is 13.7. The van der Waals surface area contributed by atoms with Crippen LogP contribution in [0.5, 0.6) is 0 Å². The number of carbonyl (C=O) groups is 1. The first kappa shape index (κ1) is 14.8. The summed E-state index contributed by atoms with van der Waals surface area (Å²) in [7, 11) is 0. The molecule has 0 N–H and O–H groups in total. The van der Waals surface area contributed by atoms with E-state index in [1.54, 1.807) is 0 Å². The largest absolute Gasteiger partial charge is 0.463 e. The third-order valence-corrected chi connectivity index (χ3v) is 4.84. The molecule has 1 saturated heterocycles. The van der Waals surface area contributed by atoms with Crippen LogP contribution in [0, 0.1) is 5.92 Å². The Bertz CT molecular complexity index is 276. The summed E-state index contributed by atoms with van der Waals surface area (Å²) in [5.74, 6) is 0.850. The molecule has 0 radical (unpaired) electrons. The minimum atomic E-state index is -0.121. The first-order valence-electron chi connectivity index (χ1n) is 8.10. The number of ether oxygens (including phenoxy) is 1. The minimum absolute atomic E-state index is 0.121. The van der Waals surface area contributed by atoms with Gasteiger partial charge in [-0.2, -0.15) is 0 Å². The van der Waals surface area contributed by atoms with Crippen molar-refractivity contribution in [2.24, 2.45) is 5.92 Å². The Kier molecular flexibility index (Phi) is 5.68. The number of carbonyl (C=O) groups excluding carboxylic acids is 1. The summed E-state index contributed by atoms with van der Waals surface area (Å²) in [6, 6.07) is 0.745. The average Bonchev–Trinajstić information content (AvgIpc) is 2.40. The molecule has 3 heteroatoms. The fraction of sp³-hybridized carbons (Fsp3) is 0.938. The molecule has 0 aromatic heterocycles. The molecule has 2 fully saturated rings. The van der Waals surface area contributed by atoms with E-state index in [9.17, 15) is 4.79 Å². The molecule has 0 unspecified atom stereocenters. The van der Waals surface area contributed by atoms with Gasteiger partial charge in [-0.05, 0) is 57.5 Å². The lowest BCUT2D eigenvalue weighted by Crippen LogP contribution is -2.44. The normalized spacial score (nSPS) is 30.2. The second-order valence-electron chi connectivity index (χ2n) is 6.31. The van der Waals surface area contributed by atoms with Crippen molar-refractivity contribution in [1.82, 2.24) is 4.90 Å². The first-order chi connectivity index (χ1) is 9.19. The van der Waals surface area contributed by atoms with Crippen LogP contribution in [0.3, 0.4) is 0 Å². The molecule has 2 aliphatic rings. The lowest BCUT2D eigenvalue weighted by atomic mass is 9.87. The van der Waals surface area contributed by atoms with E-state index in [-0.39, 0.29) is 12.1 Å². The highest BCUT2D eigenvalue weighted by molar-refractivity contribution is 5.66. The highest BCUT2D eigenvalue weighted by Gasteiger charge is 2.29. The quantitative estimate of drug-likeness (QED) is 0.731. The van der Waals surface area contributed by atoms with Crippen LogP contribution in [-0.2, 0) is 9.53 Å². The van der Waals surface area contributed by atoms with Crippen molar-refractivity contribution in [2.75, 3.05) is 13.1 Å². The van der Waals surface area contributed by atoms with Crippen molar-refractivity contribution in [2.45, 2.75) is 77.4 Å².